The number of hydrogen-bond acceptors (Lipinski definition) is 2. The fourth-order valence-corrected chi connectivity index (χ4v) is 2.31. The lowest BCUT2D eigenvalue weighted by molar-refractivity contribution is 0.0619. The summed E-state index contributed by atoms with van der Waals surface area (Å²) < 4.78 is 0. The number of aryl methyl sites for hydroxylation is 3. The summed E-state index contributed by atoms with van der Waals surface area (Å²) in [6, 6.07) is 4.36. The van der Waals surface area contributed by atoms with Gasteiger partial charge >= 0.3 is 0 Å². The first-order chi connectivity index (χ1) is 7.35. The van der Waals surface area contributed by atoms with Crippen LogP contribution in [0.5, 0.6) is 0 Å². The standard InChI is InChI=1S/C14H23NO/c1-10-6-11(2)13(12(3)7-10)8-14(4,16)9-15-5/h6-7,15-16H,8-9H2,1-5H3. The fraction of sp³-hybridized carbons (Fsp3) is 0.571. The molecule has 0 radical (unpaired) electrons. The minimum absolute atomic E-state index is 0.611. The van der Waals surface area contributed by atoms with Crippen LogP contribution in [0.25, 0.3) is 0 Å². The third kappa shape index (κ3) is 3.32. The number of nitrogens with one attached hydrogen (secondary N) is 1. The molecule has 0 saturated heterocycles. The second-order valence-corrected chi connectivity index (χ2v) is 5.08. The van der Waals surface area contributed by atoms with Crippen LogP contribution >= 0.6 is 0 Å². The van der Waals surface area contributed by atoms with Crippen LogP contribution in [0.2, 0.25) is 0 Å². The summed E-state index contributed by atoms with van der Waals surface area (Å²) in [5.41, 5.74) is 4.42. The molecule has 1 atom stereocenters. The molecule has 0 aromatic heterocycles. The van der Waals surface area contributed by atoms with Gasteiger partial charge in [0.05, 0.1) is 5.60 Å². The molecule has 0 aliphatic rings. The van der Waals surface area contributed by atoms with E-state index in [1.807, 2.05) is 14.0 Å². The molecular formula is C14H23NO. The van der Waals surface area contributed by atoms with Crippen molar-refractivity contribution in [1.29, 1.82) is 0 Å². The molecule has 0 heterocycles. The molecule has 0 fully saturated rings. The summed E-state index contributed by atoms with van der Waals surface area (Å²) in [5, 5.41) is 13.3. The van der Waals surface area contributed by atoms with Crippen molar-refractivity contribution in [2.45, 2.75) is 39.7 Å². The van der Waals surface area contributed by atoms with Crippen LogP contribution in [0, 0.1) is 20.8 Å². The highest BCUT2D eigenvalue weighted by Crippen LogP contribution is 2.21. The number of benzene rings is 1. The zero-order valence-electron chi connectivity index (χ0n) is 11.0. The van der Waals surface area contributed by atoms with Gasteiger partial charge in [0.2, 0.25) is 0 Å². The Kier molecular flexibility index (Phi) is 4.11. The molecule has 1 unspecified atom stereocenters. The molecule has 0 bridgehead atoms. The summed E-state index contributed by atoms with van der Waals surface area (Å²) in [6.45, 7) is 8.83. The smallest absolute Gasteiger partial charge is 0.0783 e. The van der Waals surface area contributed by atoms with Crippen molar-refractivity contribution in [3.8, 4) is 0 Å². The van der Waals surface area contributed by atoms with Gasteiger partial charge in [-0.2, -0.15) is 0 Å². The van der Waals surface area contributed by atoms with E-state index in [9.17, 15) is 5.11 Å². The lowest BCUT2D eigenvalue weighted by Gasteiger charge is -2.25. The maximum atomic E-state index is 10.2. The van der Waals surface area contributed by atoms with Crippen molar-refractivity contribution in [3.63, 3.8) is 0 Å². The zero-order chi connectivity index (χ0) is 12.3. The van der Waals surface area contributed by atoms with Crippen LogP contribution < -0.4 is 5.32 Å². The molecule has 16 heavy (non-hydrogen) atoms. The number of likely N-dealkylation sites (N-methyl/N-ethyl adjacent to an activating group) is 1. The quantitative estimate of drug-likeness (QED) is 0.816. The Hall–Kier alpha value is -0.860. The van der Waals surface area contributed by atoms with E-state index in [1.54, 1.807) is 0 Å². The van der Waals surface area contributed by atoms with Crippen LogP contribution in [0.1, 0.15) is 29.2 Å². The predicted molar refractivity (Wildman–Crippen MR) is 68.9 cm³/mol. The summed E-state index contributed by atoms with van der Waals surface area (Å²) >= 11 is 0. The first kappa shape index (κ1) is 13.2. The average Bonchev–Trinajstić information content (AvgIpc) is 2.11. The van der Waals surface area contributed by atoms with E-state index in [0.29, 0.717) is 13.0 Å². The molecule has 0 aliphatic carbocycles. The summed E-state index contributed by atoms with van der Waals surface area (Å²) in [7, 11) is 1.86. The Morgan fingerprint density at radius 2 is 1.69 bits per heavy atom. The number of rotatable bonds is 4. The molecule has 0 spiro atoms. The van der Waals surface area contributed by atoms with E-state index in [4.69, 9.17) is 0 Å². The Morgan fingerprint density at radius 3 is 2.12 bits per heavy atom. The second kappa shape index (κ2) is 4.98. The summed E-state index contributed by atoms with van der Waals surface area (Å²) in [6.07, 6.45) is 0.700. The summed E-state index contributed by atoms with van der Waals surface area (Å²) in [5.74, 6) is 0. The Morgan fingerprint density at radius 1 is 1.19 bits per heavy atom. The summed E-state index contributed by atoms with van der Waals surface area (Å²) in [4.78, 5) is 0. The van der Waals surface area contributed by atoms with Gasteiger partial charge in [0.1, 0.15) is 0 Å². The van der Waals surface area contributed by atoms with Gasteiger partial charge < -0.3 is 10.4 Å². The van der Waals surface area contributed by atoms with Gasteiger partial charge in [-0.3, -0.25) is 0 Å². The van der Waals surface area contributed by atoms with Crippen LogP contribution in [-0.4, -0.2) is 24.3 Å². The molecular weight excluding hydrogens is 198 g/mol. The fourth-order valence-electron chi connectivity index (χ4n) is 2.31. The first-order valence-corrected chi connectivity index (χ1v) is 5.79. The number of hydrogen-bond donors (Lipinski definition) is 2. The molecule has 0 aliphatic heterocycles. The first-order valence-electron chi connectivity index (χ1n) is 5.79. The molecule has 2 nitrogen and oxygen atoms in total. The number of aliphatic hydroxyl groups is 1. The van der Waals surface area contributed by atoms with E-state index in [-0.39, 0.29) is 0 Å². The Balaban J connectivity index is 2.97. The van der Waals surface area contributed by atoms with E-state index < -0.39 is 5.60 Å². The van der Waals surface area contributed by atoms with Crippen LogP contribution in [-0.2, 0) is 6.42 Å². The third-order valence-electron chi connectivity index (χ3n) is 2.96. The molecule has 90 valence electrons. The van der Waals surface area contributed by atoms with E-state index in [0.717, 1.165) is 0 Å². The third-order valence-corrected chi connectivity index (χ3v) is 2.96. The van der Waals surface area contributed by atoms with Crippen molar-refractivity contribution in [3.05, 3.63) is 34.4 Å². The Bertz CT molecular complexity index is 346. The van der Waals surface area contributed by atoms with E-state index in [2.05, 4.69) is 38.2 Å². The van der Waals surface area contributed by atoms with Gasteiger partial charge in [0.15, 0.2) is 0 Å². The largest absolute Gasteiger partial charge is 0.389 e. The lowest BCUT2D eigenvalue weighted by atomic mass is 9.89. The average molecular weight is 221 g/mol. The SMILES string of the molecule is CNCC(C)(O)Cc1c(C)cc(C)cc1C. The molecule has 1 aromatic rings. The maximum Gasteiger partial charge on any atom is 0.0783 e. The van der Waals surface area contributed by atoms with Crippen molar-refractivity contribution in [1.82, 2.24) is 5.32 Å². The minimum Gasteiger partial charge on any atom is -0.389 e. The van der Waals surface area contributed by atoms with Gasteiger partial charge in [-0.1, -0.05) is 17.7 Å². The highest BCUT2D eigenvalue weighted by atomic mass is 16.3. The molecule has 2 heteroatoms. The van der Waals surface area contributed by atoms with Crippen molar-refractivity contribution < 1.29 is 5.11 Å². The van der Waals surface area contributed by atoms with Gasteiger partial charge in [-0.15, -0.1) is 0 Å². The topological polar surface area (TPSA) is 32.3 Å². The van der Waals surface area contributed by atoms with E-state index >= 15 is 0 Å². The van der Waals surface area contributed by atoms with Crippen molar-refractivity contribution in [2.24, 2.45) is 0 Å². The minimum atomic E-state index is -0.681. The lowest BCUT2D eigenvalue weighted by Crippen LogP contribution is -2.38. The maximum absolute atomic E-state index is 10.2. The van der Waals surface area contributed by atoms with Crippen LogP contribution in [0.3, 0.4) is 0 Å². The van der Waals surface area contributed by atoms with Crippen LogP contribution in [0.15, 0.2) is 12.1 Å². The van der Waals surface area contributed by atoms with E-state index in [1.165, 1.54) is 22.3 Å². The highest BCUT2D eigenvalue weighted by Gasteiger charge is 2.21. The van der Waals surface area contributed by atoms with Gasteiger partial charge in [0, 0.05) is 13.0 Å². The zero-order valence-corrected chi connectivity index (χ0v) is 11.0. The molecule has 1 aromatic carbocycles. The molecule has 0 saturated carbocycles. The van der Waals surface area contributed by atoms with Crippen LogP contribution in [0.4, 0.5) is 0 Å². The second-order valence-electron chi connectivity index (χ2n) is 5.08. The normalized spacial score (nSPS) is 14.9. The van der Waals surface area contributed by atoms with Crippen molar-refractivity contribution >= 4 is 0 Å². The monoisotopic (exact) mass is 221 g/mol. The molecule has 0 amide bonds. The molecule has 2 N–H and O–H groups in total. The van der Waals surface area contributed by atoms with Gasteiger partial charge in [-0.05, 0) is 51.4 Å². The molecule has 1 rings (SSSR count). The van der Waals surface area contributed by atoms with Crippen molar-refractivity contribution in [2.75, 3.05) is 13.6 Å². The van der Waals surface area contributed by atoms with Gasteiger partial charge in [0.25, 0.3) is 0 Å². The highest BCUT2D eigenvalue weighted by molar-refractivity contribution is 5.38. The van der Waals surface area contributed by atoms with Gasteiger partial charge in [-0.25, -0.2) is 0 Å². The Labute approximate surface area is 98.7 Å². The predicted octanol–water partition coefficient (Wildman–Crippen LogP) is 2.12.